The Labute approximate surface area is 437 Å². The zero-order valence-electron chi connectivity index (χ0n) is 47.3. The second-order valence-electron chi connectivity index (χ2n) is 22.1. The van der Waals surface area contributed by atoms with Crippen molar-refractivity contribution in [3.63, 3.8) is 0 Å². The first-order valence-corrected chi connectivity index (χ1v) is 31.7. The molecule has 416 valence electrons. The van der Waals surface area contributed by atoms with E-state index in [9.17, 15) is 25.2 Å². The maximum atomic E-state index is 12.6. The van der Waals surface area contributed by atoms with Gasteiger partial charge in [0.25, 0.3) is 0 Å². The highest BCUT2D eigenvalue weighted by molar-refractivity contribution is 5.80. The van der Waals surface area contributed by atoms with Crippen molar-refractivity contribution in [1.82, 2.24) is 5.32 Å². The Morgan fingerprint density at radius 2 is 0.600 bits per heavy atom. The summed E-state index contributed by atoms with van der Waals surface area (Å²) in [5, 5.41) is 44.1. The zero-order valence-corrected chi connectivity index (χ0v) is 47.3. The molecule has 0 aromatic carbocycles. The van der Waals surface area contributed by atoms with Crippen molar-refractivity contribution in [3.05, 3.63) is 24.3 Å². The molecular formula is C64H125NO5. The highest BCUT2D eigenvalue weighted by atomic mass is 16.3. The molecule has 0 spiro atoms. The van der Waals surface area contributed by atoms with E-state index in [0.29, 0.717) is 19.3 Å². The number of allylic oxidation sites excluding steroid dienone is 4. The van der Waals surface area contributed by atoms with Gasteiger partial charge in [0.1, 0.15) is 12.2 Å². The van der Waals surface area contributed by atoms with Crippen molar-refractivity contribution in [2.45, 2.75) is 372 Å². The van der Waals surface area contributed by atoms with E-state index in [-0.39, 0.29) is 0 Å². The molecule has 0 aliphatic carbocycles. The van der Waals surface area contributed by atoms with Crippen LogP contribution in [0.4, 0.5) is 0 Å². The number of hydrogen-bond acceptors (Lipinski definition) is 5. The van der Waals surface area contributed by atoms with Crippen LogP contribution in [-0.4, -0.2) is 57.3 Å². The molecule has 70 heavy (non-hydrogen) atoms. The predicted octanol–water partition coefficient (Wildman–Crippen LogP) is 19.0. The minimum absolute atomic E-state index is 0.365. The van der Waals surface area contributed by atoms with Gasteiger partial charge in [-0.15, -0.1) is 0 Å². The average Bonchev–Trinajstić information content (AvgIpc) is 3.36. The summed E-state index contributed by atoms with van der Waals surface area (Å²) in [6, 6.07) is -1.01. The molecule has 4 atom stereocenters. The Morgan fingerprint density at radius 1 is 0.343 bits per heavy atom. The molecule has 0 aliphatic heterocycles. The lowest BCUT2D eigenvalue weighted by molar-refractivity contribution is -0.132. The standard InChI is InChI=1S/C64H125NO5/c1-3-5-7-9-11-13-15-17-19-21-23-25-27-29-31-32-34-36-38-40-42-44-46-48-50-52-54-56-58-62(68)64(70)65-60(59-66)63(69)61(67)57-55-53-51-49-47-45-43-41-39-37-35-33-30-28-26-24-22-20-18-16-14-12-10-8-6-4-2/h41,43,49,51,60-63,66-69H,3-40,42,44-48,50,52-59H2,1-2H3,(H,65,70)/b43-41+,51-49+. The summed E-state index contributed by atoms with van der Waals surface area (Å²) >= 11 is 0. The van der Waals surface area contributed by atoms with Gasteiger partial charge in [-0.2, -0.15) is 0 Å². The van der Waals surface area contributed by atoms with Crippen LogP contribution in [0.25, 0.3) is 0 Å². The summed E-state index contributed by atoms with van der Waals surface area (Å²) in [4.78, 5) is 12.6. The van der Waals surface area contributed by atoms with Gasteiger partial charge in [0.05, 0.1) is 18.8 Å². The monoisotopic (exact) mass is 988 g/mol. The molecular weight excluding hydrogens is 863 g/mol. The maximum absolute atomic E-state index is 12.6. The molecule has 0 saturated heterocycles. The SMILES string of the molecule is CCCCCCCCCCCCCCCCCCC/C=C/CC/C=C/CCCC(O)C(O)C(CO)NC(=O)C(O)CCCCCCCCCCCCCCCCCCCCCCCCCCCCCC. The third kappa shape index (κ3) is 51.7. The largest absolute Gasteiger partial charge is 0.394 e. The van der Waals surface area contributed by atoms with Crippen LogP contribution in [0.1, 0.15) is 348 Å². The third-order valence-electron chi connectivity index (χ3n) is 15.1. The highest BCUT2D eigenvalue weighted by Crippen LogP contribution is 2.19. The lowest BCUT2D eigenvalue weighted by Crippen LogP contribution is -2.53. The van der Waals surface area contributed by atoms with E-state index < -0.39 is 36.9 Å². The fourth-order valence-corrected chi connectivity index (χ4v) is 10.2. The average molecular weight is 989 g/mol. The molecule has 6 heteroatoms. The number of rotatable bonds is 59. The summed E-state index contributed by atoms with van der Waals surface area (Å²) in [6.45, 7) is 4.09. The number of nitrogens with one attached hydrogen (secondary N) is 1. The second-order valence-corrected chi connectivity index (χ2v) is 22.1. The molecule has 0 fully saturated rings. The van der Waals surface area contributed by atoms with Crippen molar-refractivity contribution in [2.24, 2.45) is 0 Å². The lowest BCUT2D eigenvalue weighted by Gasteiger charge is -2.27. The minimum atomic E-state index is -1.29. The Hall–Kier alpha value is -1.21. The van der Waals surface area contributed by atoms with Crippen molar-refractivity contribution >= 4 is 5.91 Å². The number of unbranched alkanes of at least 4 members (excludes halogenated alkanes) is 46. The Morgan fingerprint density at radius 3 is 0.900 bits per heavy atom. The first-order chi connectivity index (χ1) is 34.5. The Balaban J connectivity index is 3.61. The fourth-order valence-electron chi connectivity index (χ4n) is 10.2. The molecule has 0 aromatic rings. The van der Waals surface area contributed by atoms with Gasteiger partial charge in [-0.3, -0.25) is 4.79 Å². The normalized spacial score (nSPS) is 13.7. The van der Waals surface area contributed by atoms with Gasteiger partial charge in [-0.25, -0.2) is 0 Å². The maximum Gasteiger partial charge on any atom is 0.249 e. The number of hydrogen-bond donors (Lipinski definition) is 5. The second kappa shape index (κ2) is 58.7. The van der Waals surface area contributed by atoms with E-state index in [0.717, 1.165) is 38.5 Å². The van der Waals surface area contributed by atoms with Crippen molar-refractivity contribution in [3.8, 4) is 0 Å². The summed E-state index contributed by atoms with van der Waals surface area (Å²) in [7, 11) is 0. The highest BCUT2D eigenvalue weighted by Gasteiger charge is 2.28. The van der Waals surface area contributed by atoms with Gasteiger partial charge in [0.15, 0.2) is 0 Å². The lowest BCUT2D eigenvalue weighted by atomic mass is 10.00. The smallest absolute Gasteiger partial charge is 0.249 e. The fraction of sp³-hybridized carbons (Fsp3) is 0.922. The zero-order chi connectivity index (χ0) is 50.9. The van der Waals surface area contributed by atoms with Crippen LogP contribution >= 0.6 is 0 Å². The number of aliphatic hydroxyl groups excluding tert-OH is 4. The molecule has 6 nitrogen and oxygen atoms in total. The predicted molar refractivity (Wildman–Crippen MR) is 307 cm³/mol. The van der Waals surface area contributed by atoms with Crippen LogP contribution in [-0.2, 0) is 4.79 Å². The molecule has 1 amide bonds. The Bertz CT molecular complexity index is 1060. The van der Waals surface area contributed by atoms with Crippen LogP contribution in [0.2, 0.25) is 0 Å². The molecule has 0 heterocycles. The van der Waals surface area contributed by atoms with Crippen LogP contribution in [0.15, 0.2) is 24.3 Å². The molecule has 4 unspecified atom stereocenters. The van der Waals surface area contributed by atoms with Gasteiger partial charge in [0.2, 0.25) is 5.91 Å². The van der Waals surface area contributed by atoms with Gasteiger partial charge >= 0.3 is 0 Å². The van der Waals surface area contributed by atoms with E-state index in [4.69, 9.17) is 0 Å². The van der Waals surface area contributed by atoms with E-state index in [2.05, 4.69) is 43.5 Å². The molecule has 0 bridgehead atoms. The van der Waals surface area contributed by atoms with E-state index in [1.807, 2.05) is 0 Å². The number of aliphatic hydroxyl groups is 4. The first kappa shape index (κ1) is 68.8. The number of carbonyl (C=O) groups is 1. The van der Waals surface area contributed by atoms with Crippen molar-refractivity contribution in [1.29, 1.82) is 0 Å². The van der Waals surface area contributed by atoms with Gasteiger partial charge in [-0.1, -0.05) is 321 Å². The van der Waals surface area contributed by atoms with Crippen LogP contribution in [0.3, 0.4) is 0 Å². The summed E-state index contributed by atoms with van der Waals surface area (Å²) in [5.74, 6) is -0.590. The molecule has 0 rings (SSSR count). The molecule has 0 radical (unpaired) electrons. The summed E-state index contributed by atoms with van der Waals surface area (Å²) < 4.78 is 0. The van der Waals surface area contributed by atoms with Crippen molar-refractivity contribution < 1.29 is 25.2 Å². The topological polar surface area (TPSA) is 110 Å². The summed E-state index contributed by atoms with van der Waals surface area (Å²) in [5.41, 5.74) is 0. The first-order valence-electron chi connectivity index (χ1n) is 31.7. The van der Waals surface area contributed by atoms with Crippen molar-refractivity contribution in [2.75, 3.05) is 6.61 Å². The minimum Gasteiger partial charge on any atom is -0.394 e. The van der Waals surface area contributed by atoms with E-state index in [1.165, 1.54) is 276 Å². The number of amides is 1. The molecule has 0 saturated carbocycles. The van der Waals surface area contributed by atoms with E-state index in [1.54, 1.807) is 0 Å². The molecule has 5 N–H and O–H groups in total. The van der Waals surface area contributed by atoms with Gasteiger partial charge in [-0.05, 0) is 51.4 Å². The van der Waals surface area contributed by atoms with E-state index >= 15 is 0 Å². The van der Waals surface area contributed by atoms with Crippen LogP contribution < -0.4 is 5.32 Å². The third-order valence-corrected chi connectivity index (χ3v) is 15.1. The summed E-state index contributed by atoms with van der Waals surface area (Å²) in [6.07, 6.45) is 72.8. The quantitative estimate of drug-likeness (QED) is 0.0308. The van der Waals surface area contributed by atoms with Crippen LogP contribution in [0.5, 0.6) is 0 Å². The molecule has 0 aromatic heterocycles. The van der Waals surface area contributed by atoms with Gasteiger partial charge < -0.3 is 25.7 Å². The molecule has 0 aliphatic rings. The Kier molecular flexibility index (Phi) is 57.7. The number of carbonyl (C=O) groups excluding carboxylic acids is 1. The van der Waals surface area contributed by atoms with Gasteiger partial charge in [0, 0.05) is 0 Å². The van der Waals surface area contributed by atoms with Crippen LogP contribution in [0, 0.1) is 0 Å².